The summed E-state index contributed by atoms with van der Waals surface area (Å²) >= 11 is 0. The van der Waals surface area contributed by atoms with E-state index < -0.39 is 17.9 Å². The number of aromatic nitrogens is 1. The molecule has 0 bridgehead atoms. The van der Waals surface area contributed by atoms with Gasteiger partial charge in [0, 0.05) is 17.7 Å². The molecule has 0 fully saturated rings. The van der Waals surface area contributed by atoms with Gasteiger partial charge in [0.05, 0.1) is 0 Å². The van der Waals surface area contributed by atoms with Crippen LogP contribution in [0.3, 0.4) is 0 Å². The van der Waals surface area contributed by atoms with Crippen LogP contribution in [0.15, 0.2) is 0 Å². The van der Waals surface area contributed by atoms with Crippen LogP contribution >= 0.6 is 0 Å². The number of ketones is 1. The summed E-state index contributed by atoms with van der Waals surface area (Å²) in [5.41, 5.74) is 2.31. The second-order valence-electron chi connectivity index (χ2n) is 5.93. The van der Waals surface area contributed by atoms with Gasteiger partial charge in [0.15, 0.2) is 5.78 Å². The van der Waals surface area contributed by atoms with Gasteiger partial charge in [-0.15, -0.1) is 0 Å². The smallest absolute Gasteiger partial charge is 0.326 e. The fraction of sp³-hybridized carbons (Fsp3) is 0.562. The van der Waals surface area contributed by atoms with Crippen molar-refractivity contribution in [3.63, 3.8) is 0 Å². The maximum absolute atomic E-state index is 12.4. The number of amides is 1. The number of hydrogen-bond donors (Lipinski definition) is 3. The van der Waals surface area contributed by atoms with Gasteiger partial charge in [-0.25, -0.2) is 4.79 Å². The molecular formula is C16H22N2O4. The van der Waals surface area contributed by atoms with Crippen molar-refractivity contribution < 1.29 is 19.5 Å². The molecule has 3 N–H and O–H groups in total. The topological polar surface area (TPSA) is 99.3 Å². The minimum atomic E-state index is -1.05. The minimum Gasteiger partial charge on any atom is -0.480 e. The number of nitrogens with one attached hydrogen (secondary N) is 2. The van der Waals surface area contributed by atoms with Gasteiger partial charge in [0.1, 0.15) is 11.7 Å². The average Bonchev–Trinajstić information content (AvgIpc) is 2.82. The first kappa shape index (κ1) is 16.3. The molecule has 0 aromatic carbocycles. The Balaban J connectivity index is 2.27. The van der Waals surface area contributed by atoms with E-state index in [9.17, 15) is 19.5 Å². The summed E-state index contributed by atoms with van der Waals surface area (Å²) in [6.45, 7) is 5.39. The Labute approximate surface area is 129 Å². The second kappa shape index (κ2) is 6.34. The van der Waals surface area contributed by atoms with Crippen LogP contribution in [0.25, 0.3) is 0 Å². The molecule has 1 aromatic rings. The summed E-state index contributed by atoms with van der Waals surface area (Å²) in [5, 5.41) is 11.8. The first-order valence-corrected chi connectivity index (χ1v) is 7.65. The average molecular weight is 306 g/mol. The van der Waals surface area contributed by atoms with E-state index in [0.717, 1.165) is 18.5 Å². The van der Waals surface area contributed by atoms with Gasteiger partial charge in [-0.05, 0) is 31.2 Å². The van der Waals surface area contributed by atoms with Crippen LogP contribution in [0, 0.1) is 12.8 Å². The minimum absolute atomic E-state index is 0.0470. The predicted octanol–water partition coefficient (Wildman–Crippen LogP) is 2.07. The van der Waals surface area contributed by atoms with E-state index in [1.807, 2.05) is 6.92 Å². The third-order valence-electron chi connectivity index (χ3n) is 4.43. The number of aliphatic carboxylic acids is 1. The van der Waals surface area contributed by atoms with E-state index in [0.29, 0.717) is 29.7 Å². The molecule has 1 heterocycles. The molecule has 0 spiro atoms. The summed E-state index contributed by atoms with van der Waals surface area (Å²) in [5.74, 6) is -1.64. The predicted molar refractivity (Wildman–Crippen MR) is 81.1 cm³/mol. The van der Waals surface area contributed by atoms with Crippen LogP contribution in [0.1, 0.15) is 65.2 Å². The van der Waals surface area contributed by atoms with Crippen LogP contribution in [-0.4, -0.2) is 33.8 Å². The van der Waals surface area contributed by atoms with Gasteiger partial charge in [0.25, 0.3) is 5.91 Å². The summed E-state index contributed by atoms with van der Waals surface area (Å²) in [6, 6.07) is -0.937. The number of carbonyl (C=O) groups is 3. The van der Waals surface area contributed by atoms with Crippen molar-refractivity contribution in [3.05, 3.63) is 22.5 Å². The largest absolute Gasteiger partial charge is 0.480 e. The summed E-state index contributed by atoms with van der Waals surface area (Å²) in [4.78, 5) is 38.7. The molecule has 2 rings (SSSR count). The van der Waals surface area contributed by atoms with Crippen molar-refractivity contribution in [2.75, 3.05) is 0 Å². The summed E-state index contributed by atoms with van der Waals surface area (Å²) < 4.78 is 0. The SMILES string of the molecule is CCC(C)C(NC(=O)c1[nH]c2c(c1C)C(=O)CCC2)C(=O)O. The van der Waals surface area contributed by atoms with Crippen molar-refractivity contribution in [2.45, 2.75) is 52.5 Å². The maximum atomic E-state index is 12.4. The van der Waals surface area contributed by atoms with Gasteiger partial charge in [-0.2, -0.15) is 0 Å². The van der Waals surface area contributed by atoms with E-state index >= 15 is 0 Å². The Hall–Kier alpha value is -2.11. The molecule has 22 heavy (non-hydrogen) atoms. The third-order valence-corrected chi connectivity index (χ3v) is 4.43. The molecule has 0 saturated heterocycles. The zero-order valence-corrected chi connectivity index (χ0v) is 13.2. The molecule has 2 unspecified atom stereocenters. The molecule has 1 amide bonds. The third kappa shape index (κ3) is 2.91. The van der Waals surface area contributed by atoms with E-state index in [1.165, 1.54) is 0 Å². The van der Waals surface area contributed by atoms with Crippen LogP contribution in [0.4, 0.5) is 0 Å². The highest BCUT2D eigenvalue weighted by Crippen LogP contribution is 2.26. The van der Waals surface area contributed by atoms with E-state index in [-0.39, 0.29) is 11.7 Å². The molecule has 0 radical (unpaired) electrons. The zero-order chi connectivity index (χ0) is 16.4. The van der Waals surface area contributed by atoms with Crippen LogP contribution in [0.2, 0.25) is 0 Å². The van der Waals surface area contributed by atoms with Gasteiger partial charge in [0.2, 0.25) is 0 Å². The van der Waals surface area contributed by atoms with Crippen molar-refractivity contribution in [1.82, 2.24) is 10.3 Å². The Morgan fingerprint density at radius 2 is 2.05 bits per heavy atom. The second-order valence-corrected chi connectivity index (χ2v) is 5.93. The van der Waals surface area contributed by atoms with Crippen molar-refractivity contribution in [2.24, 2.45) is 5.92 Å². The Morgan fingerprint density at radius 3 is 2.59 bits per heavy atom. The number of carbonyl (C=O) groups excluding carboxylic acids is 2. The summed E-state index contributed by atoms with van der Waals surface area (Å²) in [7, 11) is 0. The first-order valence-electron chi connectivity index (χ1n) is 7.65. The standard InChI is InChI=1S/C16H22N2O4/c1-4-8(2)13(16(21)22)18-15(20)14-9(3)12-10(17-14)6-5-7-11(12)19/h8,13,17H,4-7H2,1-3H3,(H,18,20)(H,21,22). The molecular weight excluding hydrogens is 284 g/mol. The number of fused-ring (bicyclic) bond motifs is 1. The van der Waals surface area contributed by atoms with Gasteiger partial charge < -0.3 is 15.4 Å². The van der Waals surface area contributed by atoms with Crippen LogP contribution < -0.4 is 5.32 Å². The lowest BCUT2D eigenvalue weighted by molar-refractivity contribution is -0.140. The highest BCUT2D eigenvalue weighted by Gasteiger charge is 2.30. The fourth-order valence-corrected chi connectivity index (χ4v) is 2.90. The maximum Gasteiger partial charge on any atom is 0.326 e. The summed E-state index contributed by atoms with van der Waals surface area (Å²) in [6.07, 6.45) is 2.66. The molecule has 0 saturated carbocycles. The number of carboxylic acids is 1. The monoisotopic (exact) mass is 306 g/mol. The Bertz CT molecular complexity index is 618. The Morgan fingerprint density at radius 1 is 1.36 bits per heavy atom. The van der Waals surface area contributed by atoms with Crippen molar-refractivity contribution in [1.29, 1.82) is 0 Å². The van der Waals surface area contributed by atoms with Gasteiger partial charge in [-0.1, -0.05) is 20.3 Å². The molecule has 6 heteroatoms. The zero-order valence-electron chi connectivity index (χ0n) is 13.2. The van der Waals surface area contributed by atoms with Crippen molar-refractivity contribution in [3.8, 4) is 0 Å². The number of carboxylic acid groups (broad SMARTS) is 1. The fourth-order valence-electron chi connectivity index (χ4n) is 2.90. The number of rotatable bonds is 5. The van der Waals surface area contributed by atoms with Gasteiger partial charge >= 0.3 is 5.97 Å². The number of H-pyrrole nitrogens is 1. The van der Waals surface area contributed by atoms with E-state index in [2.05, 4.69) is 10.3 Å². The van der Waals surface area contributed by atoms with Crippen LogP contribution in [-0.2, 0) is 11.2 Å². The first-order chi connectivity index (χ1) is 10.4. The highest BCUT2D eigenvalue weighted by molar-refractivity contribution is 6.04. The van der Waals surface area contributed by atoms with Crippen LogP contribution in [0.5, 0.6) is 0 Å². The lowest BCUT2D eigenvalue weighted by Crippen LogP contribution is -2.45. The van der Waals surface area contributed by atoms with Crippen molar-refractivity contribution >= 4 is 17.7 Å². The highest BCUT2D eigenvalue weighted by atomic mass is 16.4. The number of aryl methyl sites for hydroxylation is 1. The molecule has 0 aliphatic heterocycles. The molecule has 1 aliphatic rings. The molecule has 120 valence electrons. The van der Waals surface area contributed by atoms with E-state index in [4.69, 9.17) is 0 Å². The molecule has 2 atom stereocenters. The number of aromatic amines is 1. The molecule has 1 aliphatic carbocycles. The lowest BCUT2D eigenvalue weighted by Gasteiger charge is -2.20. The molecule has 6 nitrogen and oxygen atoms in total. The normalized spacial score (nSPS) is 16.8. The quantitative estimate of drug-likeness (QED) is 0.775. The van der Waals surface area contributed by atoms with E-state index in [1.54, 1.807) is 13.8 Å². The number of hydrogen-bond acceptors (Lipinski definition) is 3. The molecule has 1 aromatic heterocycles. The number of Topliss-reactive ketones (excluding diaryl/α,β-unsaturated/α-hetero) is 1. The van der Waals surface area contributed by atoms with Gasteiger partial charge in [-0.3, -0.25) is 9.59 Å². The lowest BCUT2D eigenvalue weighted by atomic mass is 9.93. The Kier molecular flexibility index (Phi) is 4.68.